The zero-order valence-corrected chi connectivity index (χ0v) is 11.9. The third-order valence-corrected chi connectivity index (χ3v) is 2.88. The number of nitriles is 1. The second-order valence-electron chi connectivity index (χ2n) is 4.63. The minimum atomic E-state index is 0.668. The monoisotopic (exact) mass is 252 g/mol. The predicted octanol–water partition coefficient (Wildman–Crippen LogP) is 4.05. The summed E-state index contributed by atoms with van der Waals surface area (Å²) < 4.78 is 0. The highest BCUT2D eigenvalue weighted by molar-refractivity contribution is 5.39. The van der Waals surface area contributed by atoms with E-state index < -0.39 is 0 Å². The predicted molar refractivity (Wildman–Crippen MR) is 80.2 cm³/mol. The first-order valence-corrected chi connectivity index (χ1v) is 6.24. The molecule has 2 heteroatoms. The van der Waals surface area contributed by atoms with Crippen LogP contribution in [-0.2, 0) is 6.54 Å². The van der Waals surface area contributed by atoms with Gasteiger partial charge >= 0.3 is 0 Å². The highest BCUT2D eigenvalue weighted by Gasteiger charge is 2.05. The fourth-order valence-corrected chi connectivity index (χ4v) is 1.65. The summed E-state index contributed by atoms with van der Waals surface area (Å²) in [5.74, 6) is 0. The molecular formula is C17H20N2. The fourth-order valence-electron chi connectivity index (χ4n) is 1.65. The van der Waals surface area contributed by atoms with Crippen molar-refractivity contribution in [3.63, 3.8) is 0 Å². The molecule has 0 atom stereocenters. The highest BCUT2D eigenvalue weighted by atomic mass is 15.1. The van der Waals surface area contributed by atoms with E-state index in [9.17, 15) is 5.26 Å². The molecule has 1 aromatic rings. The van der Waals surface area contributed by atoms with E-state index in [1.807, 2.05) is 51.2 Å². The number of nitrogens with zero attached hydrogens (tertiary/aromatic N) is 2. The molecule has 0 amide bonds. The van der Waals surface area contributed by atoms with Crippen LogP contribution in [0.5, 0.6) is 0 Å². The minimum absolute atomic E-state index is 0.668. The smallest absolute Gasteiger partial charge is 0.101 e. The summed E-state index contributed by atoms with van der Waals surface area (Å²) in [4.78, 5) is 2.08. The van der Waals surface area contributed by atoms with Crippen LogP contribution < -0.4 is 0 Å². The van der Waals surface area contributed by atoms with Crippen LogP contribution in [0.1, 0.15) is 19.4 Å². The zero-order valence-electron chi connectivity index (χ0n) is 11.9. The van der Waals surface area contributed by atoms with Gasteiger partial charge in [-0.05, 0) is 25.5 Å². The molecule has 0 aromatic heterocycles. The lowest BCUT2D eigenvalue weighted by molar-refractivity contribution is 0.410. The van der Waals surface area contributed by atoms with Gasteiger partial charge in [-0.1, -0.05) is 48.6 Å². The van der Waals surface area contributed by atoms with E-state index in [0.717, 1.165) is 17.8 Å². The van der Waals surface area contributed by atoms with E-state index in [-0.39, 0.29) is 0 Å². The van der Waals surface area contributed by atoms with Gasteiger partial charge < -0.3 is 4.90 Å². The Morgan fingerprint density at radius 1 is 1.26 bits per heavy atom. The standard InChI is InChI=1S/C17H20N2/c1-14(2)10-11-17(12-18)15(3)19(4)13-16-8-6-5-7-9-16/h5-11H,1,13H2,2-4H3/b11-10-,17-15-. The fraction of sp³-hybridized carbons (Fsp3) is 0.235. The van der Waals surface area contributed by atoms with Crippen LogP contribution in [0, 0.1) is 11.3 Å². The Labute approximate surface area is 116 Å². The third-order valence-electron chi connectivity index (χ3n) is 2.88. The molecule has 0 bridgehead atoms. The second-order valence-corrected chi connectivity index (χ2v) is 4.63. The van der Waals surface area contributed by atoms with Gasteiger partial charge in [-0.3, -0.25) is 0 Å². The maximum Gasteiger partial charge on any atom is 0.101 e. The number of rotatable bonds is 5. The Bertz CT molecular complexity index is 530. The van der Waals surface area contributed by atoms with E-state index in [1.165, 1.54) is 5.56 Å². The van der Waals surface area contributed by atoms with Crippen LogP contribution in [0.2, 0.25) is 0 Å². The molecule has 0 aliphatic heterocycles. The van der Waals surface area contributed by atoms with Crippen molar-refractivity contribution in [2.75, 3.05) is 7.05 Å². The van der Waals surface area contributed by atoms with Crippen molar-refractivity contribution in [2.24, 2.45) is 0 Å². The summed E-state index contributed by atoms with van der Waals surface area (Å²) in [6.07, 6.45) is 3.68. The van der Waals surface area contributed by atoms with Crippen molar-refractivity contribution >= 4 is 0 Å². The van der Waals surface area contributed by atoms with Crippen molar-refractivity contribution in [3.05, 3.63) is 71.5 Å². The molecule has 1 rings (SSSR count). The Hall–Kier alpha value is -2.27. The molecule has 0 heterocycles. The SMILES string of the molecule is C=C(C)/C=C\C(C#N)=C(/C)N(C)Cc1ccccc1. The topological polar surface area (TPSA) is 27.0 Å². The lowest BCUT2D eigenvalue weighted by Crippen LogP contribution is -2.16. The van der Waals surface area contributed by atoms with Gasteiger partial charge in [-0.2, -0.15) is 5.26 Å². The molecular weight excluding hydrogens is 232 g/mol. The zero-order chi connectivity index (χ0) is 14.3. The molecule has 0 N–H and O–H groups in total. The normalized spacial score (nSPS) is 11.9. The summed E-state index contributed by atoms with van der Waals surface area (Å²) in [5.41, 5.74) is 3.79. The molecule has 0 unspecified atom stereocenters. The van der Waals surface area contributed by atoms with Crippen molar-refractivity contribution in [1.82, 2.24) is 4.90 Å². The minimum Gasteiger partial charge on any atom is -0.373 e. The Kier molecular flexibility index (Phi) is 5.63. The number of benzene rings is 1. The van der Waals surface area contributed by atoms with Gasteiger partial charge in [-0.25, -0.2) is 0 Å². The molecule has 1 aromatic carbocycles. The van der Waals surface area contributed by atoms with Crippen molar-refractivity contribution in [1.29, 1.82) is 5.26 Å². The van der Waals surface area contributed by atoms with E-state index in [2.05, 4.69) is 29.7 Å². The summed E-state index contributed by atoms with van der Waals surface area (Å²) >= 11 is 0. The summed E-state index contributed by atoms with van der Waals surface area (Å²) in [6.45, 7) is 8.47. The molecule has 0 aliphatic rings. The highest BCUT2D eigenvalue weighted by Crippen LogP contribution is 2.13. The quantitative estimate of drug-likeness (QED) is 0.584. The Morgan fingerprint density at radius 2 is 1.89 bits per heavy atom. The van der Waals surface area contributed by atoms with Crippen molar-refractivity contribution < 1.29 is 0 Å². The van der Waals surface area contributed by atoms with E-state index >= 15 is 0 Å². The lowest BCUT2D eigenvalue weighted by atomic mass is 10.1. The average Bonchev–Trinajstić information content (AvgIpc) is 2.40. The summed E-state index contributed by atoms with van der Waals surface area (Å²) in [5, 5.41) is 9.21. The van der Waals surface area contributed by atoms with Crippen LogP contribution in [0.3, 0.4) is 0 Å². The molecule has 19 heavy (non-hydrogen) atoms. The Balaban J connectivity index is 2.87. The van der Waals surface area contributed by atoms with Gasteiger partial charge in [0.2, 0.25) is 0 Å². The van der Waals surface area contributed by atoms with Crippen molar-refractivity contribution in [2.45, 2.75) is 20.4 Å². The van der Waals surface area contributed by atoms with Gasteiger partial charge in [0.1, 0.15) is 6.07 Å². The largest absolute Gasteiger partial charge is 0.373 e. The van der Waals surface area contributed by atoms with Crippen LogP contribution in [0.25, 0.3) is 0 Å². The van der Waals surface area contributed by atoms with Gasteiger partial charge in [0.15, 0.2) is 0 Å². The van der Waals surface area contributed by atoms with Crippen LogP contribution in [0.15, 0.2) is 65.9 Å². The van der Waals surface area contributed by atoms with Crippen molar-refractivity contribution in [3.8, 4) is 6.07 Å². The molecule has 0 saturated heterocycles. The molecule has 0 fully saturated rings. The van der Waals surface area contributed by atoms with E-state index in [4.69, 9.17) is 0 Å². The van der Waals surface area contributed by atoms with E-state index in [1.54, 1.807) is 0 Å². The Morgan fingerprint density at radius 3 is 2.42 bits per heavy atom. The van der Waals surface area contributed by atoms with Gasteiger partial charge in [0.25, 0.3) is 0 Å². The summed E-state index contributed by atoms with van der Waals surface area (Å²) in [7, 11) is 1.99. The summed E-state index contributed by atoms with van der Waals surface area (Å²) in [6, 6.07) is 12.4. The number of hydrogen-bond acceptors (Lipinski definition) is 2. The van der Waals surface area contributed by atoms with Crippen LogP contribution in [0.4, 0.5) is 0 Å². The van der Waals surface area contributed by atoms with Crippen LogP contribution in [-0.4, -0.2) is 11.9 Å². The first kappa shape index (κ1) is 14.8. The molecule has 0 saturated carbocycles. The number of allylic oxidation sites excluding steroid dienone is 5. The van der Waals surface area contributed by atoms with Gasteiger partial charge in [0, 0.05) is 19.3 Å². The maximum atomic E-state index is 9.21. The first-order chi connectivity index (χ1) is 9.04. The molecule has 0 radical (unpaired) electrons. The third kappa shape index (κ3) is 4.85. The van der Waals surface area contributed by atoms with Gasteiger partial charge in [-0.15, -0.1) is 0 Å². The molecule has 98 valence electrons. The maximum absolute atomic E-state index is 9.21. The molecule has 0 aliphatic carbocycles. The van der Waals surface area contributed by atoms with E-state index in [0.29, 0.717) is 5.57 Å². The number of hydrogen-bond donors (Lipinski definition) is 0. The molecule has 0 spiro atoms. The van der Waals surface area contributed by atoms with Crippen LogP contribution >= 0.6 is 0 Å². The van der Waals surface area contributed by atoms with Gasteiger partial charge in [0.05, 0.1) is 5.57 Å². The average molecular weight is 252 g/mol. The first-order valence-electron chi connectivity index (χ1n) is 6.24. The molecule has 2 nitrogen and oxygen atoms in total. The second kappa shape index (κ2) is 7.23. The lowest BCUT2D eigenvalue weighted by Gasteiger charge is -2.20.